The standard InChI is InChI=1S/C23H26N4O3S2/c1-5-12-27-18(13-17-10-8-7-9-11-17)25-26-23(27)31-14-19(28)24-21-20(22(29)30-6-2)15(3)16(4)32-21/h5,7-11H,1,6,12-14H2,2-4H3,(H,24,28). The molecule has 3 rings (SSSR count). The van der Waals surface area contributed by atoms with Crippen LogP contribution in [0.2, 0.25) is 0 Å². The molecule has 0 bridgehead atoms. The minimum atomic E-state index is -0.423. The first-order valence-electron chi connectivity index (χ1n) is 10.2. The van der Waals surface area contributed by atoms with Crippen molar-refractivity contribution in [3.63, 3.8) is 0 Å². The molecule has 1 N–H and O–H groups in total. The summed E-state index contributed by atoms with van der Waals surface area (Å²) >= 11 is 2.67. The van der Waals surface area contributed by atoms with Crippen LogP contribution in [0.1, 0.15) is 39.1 Å². The topological polar surface area (TPSA) is 86.1 Å². The summed E-state index contributed by atoms with van der Waals surface area (Å²) in [5.41, 5.74) is 2.38. The highest BCUT2D eigenvalue weighted by Crippen LogP contribution is 2.33. The lowest BCUT2D eigenvalue weighted by Crippen LogP contribution is -2.17. The molecular weight excluding hydrogens is 444 g/mol. The SMILES string of the molecule is C=CCn1c(Cc2ccccc2)nnc1SCC(=O)Nc1sc(C)c(C)c1C(=O)OCC. The first-order chi connectivity index (χ1) is 15.4. The summed E-state index contributed by atoms with van der Waals surface area (Å²) < 4.78 is 7.11. The number of ether oxygens (including phenoxy) is 1. The van der Waals surface area contributed by atoms with Crippen molar-refractivity contribution in [2.45, 2.75) is 38.9 Å². The molecule has 0 radical (unpaired) electrons. The normalized spacial score (nSPS) is 10.7. The minimum absolute atomic E-state index is 0.138. The van der Waals surface area contributed by atoms with Gasteiger partial charge in [0.15, 0.2) is 5.16 Å². The summed E-state index contributed by atoms with van der Waals surface area (Å²) in [7, 11) is 0. The van der Waals surface area contributed by atoms with E-state index in [4.69, 9.17) is 4.74 Å². The number of anilines is 1. The third-order valence-corrected chi connectivity index (χ3v) is 6.85. The predicted molar refractivity (Wildman–Crippen MR) is 129 cm³/mol. The number of hydrogen-bond donors (Lipinski definition) is 1. The zero-order valence-corrected chi connectivity index (χ0v) is 20.0. The van der Waals surface area contributed by atoms with Crippen LogP contribution >= 0.6 is 23.1 Å². The second kappa shape index (κ2) is 11.1. The van der Waals surface area contributed by atoms with Gasteiger partial charge in [0.05, 0.1) is 17.9 Å². The number of allylic oxidation sites excluding steroid dienone is 1. The molecule has 0 unspecified atom stereocenters. The van der Waals surface area contributed by atoms with Crippen molar-refractivity contribution in [3.8, 4) is 0 Å². The highest BCUT2D eigenvalue weighted by molar-refractivity contribution is 7.99. The van der Waals surface area contributed by atoms with Crippen molar-refractivity contribution in [1.82, 2.24) is 14.8 Å². The lowest BCUT2D eigenvalue weighted by molar-refractivity contribution is -0.113. The number of hydrogen-bond acceptors (Lipinski definition) is 7. The molecule has 0 aliphatic heterocycles. The first kappa shape index (κ1) is 23.7. The number of carbonyl (C=O) groups excluding carboxylic acids is 2. The molecule has 2 heterocycles. The number of rotatable bonds is 10. The van der Waals surface area contributed by atoms with E-state index in [1.54, 1.807) is 13.0 Å². The number of benzene rings is 1. The molecule has 0 aliphatic rings. The Morgan fingerprint density at radius 3 is 2.69 bits per heavy atom. The molecule has 1 aromatic carbocycles. The lowest BCUT2D eigenvalue weighted by Gasteiger charge is -2.09. The molecule has 9 heteroatoms. The Hall–Kier alpha value is -2.91. The fourth-order valence-electron chi connectivity index (χ4n) is 3.10. The van der Waals surface area contributed by atoms with Crippen LogP contribution < -0.4 is 5.32 Å². The highest BCUT2D eigenvalue weighted by Gasteiger charge is 2.22. The molecule has 168 valence electrons. The van der Waals surface area contributed by atoms with Gasteiger partial charge in [-0.05, 0) is 31.9 Å². The van der Waals surface area contributed by atoms with Crippen LogP contribution in [0.15, 0.2) is 48.1 Å². The number of carbonyl (C=O) groups is 2. The molecule has 1 amide bonds. The van der Waals surface area contributed by atoms with Crippen molar-refractivity contribution in [2.75, 3.05) is 17.7 Å². The molecule has 3 aromatic rings. The number of thioether (sulfide) groups is 1. The maximum atomic E-state index is 12.7. The molecule has 0 saturated carbocycles. The fraction of sp³-hybridized carbons (Fsp3) is 0.304. The van der Waals surface area contributed by atoms with E-state index in [2.05, 4.69) is 22.1 Å². The van der Waals surface area contributed by atoms with Crippen LogP contribution in [0, 0.1) is 13.8 Å². The van der Waals surface area contributed by atoms with E-state index in [9.17, 15) is 9.59 Å². The Balaban J connectivity index is 1.70. The Morgan fingerprint density at radius 2 is 2.00 bits per heavy atom. The number of nitrogens with one attached hydrogen (secondary N) is 1. The zero-order valence-electron chi connectivity index (χ0n) is 18.4. The van der Waals surface area contributed by atoms with Crippen molar-refractivity contribution in [2.24, 2.45) is 0 Å². The van der Waals surface area contributed by atoms with E-state index in [1.807, 2.05) is 48.7 Å². The number of aryl methyl sites for hydroxylation is 1. The van der Waals surface area contributed by atoms with E-state index >= 15 is 0 Å². The molecule has 2 aromatic heterocycles. The van der Waals surface area contributed by atoms with Gasteiger partial charge in [-0.25, -0.2) is 4.79 Å². The Morgan fingerprint density at radius 1 is 1.25 bits per heavy atom. The molecule has 0 atom stereocenters. The molecule has 32 heavy (non-hydrogen) atoms. The second-order valence-corrected chi connectivity index (χ2v) is 9.17. The van der Waals surface area contributed by atoms with Gasteiger partial charge in [0, 0.05) is 17.8 Å². The average Bonchev–Trinajstić information content (AvgIpc) is 3.27. The van der Waals surface area contributed by atoms with Gasteiger partial charge in [0.1, 0.15) is 10.8 Å². The number of thiophene rings is 1. The van der Waals surface area contributed by atoms with Gasteiger partial charge in [0.25, 0.3) is 0 Å². The van der Waals surface area contributed by atoms with Gasteiger partial charge in [-0.3, -0.25) is 4.79 Å². The van der Waals surface area contributed by atoms with E-state index in [1.165, 1.54) is 23.1 Å². The van der Waals surface area contributed by atoms with Crippen LogP contribution in [-0.4, -0.2) is 39.0 Å². The zero-order chi connectivity index (χ0) is 23.1. The summed E-state index contributed by atoms with van der Waals surface area (Å²) in [6, 6.07) is 10.0. The van der Waals surface area contributed by atoms with E-state index in [0.29, 0.717) is 28.7 Å². The third kappa shape index (κ3) is 5.66. The van der Waals surface area contributed by atoms with Crippen LogP contribution in [-0.2, 0) is 22.5 Å². The first-order valence-corrected chi connectivity index (χ1v) is 12.0. The summed E-state index contributed by atoms with van der Waals surface area (Å²) in [5, 5.41) is 12.6. The quantitative estimate of drug-likeness (QED) is 0.264. The molecule has 7 nitrogen and oxygen atoms in total. The van der Waals surface area contributed by atoms with E-state index in [-0.39, 0.29) is 18.3 Å². The maximum Gasteiger partial charge on any atom is 0.341 e. The smallest absolute Gasteiger partial charge is 0.341 e. The lowest BCUT2D eigenvalue weighted by atomic mass is 10.1. The fourth-order valence-corrected chi connectivity index (χ4v) is 4.94. The number of nitrogens with zero attached hydrogens (tertiary/aromatic N) is 3. The van der Waals surface area contributed by atoms with Crippen LogP contribution in [0.3, 0.4) is 0 Å². The summed E-state index contributed by atoms with van der Waals surface area (Å²) in [6.07, 6.45) is 2.43. The number of esters is 1. The van der Waals surface area contributed by atoms with Crippen LogP contribution in [0.5, 0.6) is 0 Å². The van der Waals surface area contributed by atoms with Crippen molar-refractivity contribution in [3.05, 3.63) is 70.4 Å². The molecule has 0 spiro atoms. The third-order valence-electron chi connectivity index (χ3n) is 4.76. The second-order valence-electron chi connectivity index (χ2n) is 7.01. The number of amides is 1. The molecular formula is C23H26N4O3S2. The summed E-state index contributed by atoms with van der Waals surface area (Å²) in [4.78, 5) is 25.9. The molecule has 0 saturated heterocycles. The van der Waals surface area contributed by atoms with Crippen LogP contribution in [0.4, 0.5) is 5.00 Å². The van der Waals surface area contributed by atoms with Gasteiger partial charge in [-0.1, -0.05) is 48.2 Å². The van der Waals surface area contributed by atoms with Crippen molar-refractivity contribution >= 4 is 40.0 Å². The molecule has 0 fully saturated rings. The largest absolute Gasteiger partial charge is 0.462 e. The average molecular weight is 471 g/mol. The van der Waals surface area contributed by atoms with Gasteiger partial charge in [-0.2, -0.15) is 0 Å². The Kier molecular flexibility index (Phi) is 8.24. The van der Waals surface area contributed by atoms with Gasteiger partial charge in [-0.15, -0.1) is 28.1 Å². The number of aromatic nitrogens is 3. The van der Waals surface area contributed by atoms with E-state index in [0.717, 1.165) is 21.8 Å². The Bertz CT molecular complexity index is 1110. The van der Waals surface area contributed by atoms with Gasteiger partial charge < -0.3 is 14.6 Å². The van der Waals surface area contributed by atoms with Crippen molar-refractivity contribution in [1.29, 1.82) is 0 Å². The van der Waals surface area contributed by atoms with Crippen LogP contribution in [0.25, 0.3) is 0 Å². The van der Waals surface area contributed by atoms with E-state index < -0.39 is 5.97 Å². The molecule has 0 aliphatic carbocycles. The van der Waals surface area contributed by atoms with Gasteiger partial charge >= 0.3 is 5.97 Å². The van der Waals surface area contributed by atoms with Gasteiger partial charge in [0.2, 0.25) is 5.91 Å². The minimum Gasteiger partial charge on any atom is -0.462 e. The Labute approximate surface area is 195 Å². The monoisotopic (exact) mass is 470 g/mol. The summed E-state index contributed by atoms with van der Waals surface area (Å²) in [6.45, 7) is 10.2. The van der Waals surface area contributed by atoms with Crippen molar-refractivity contribution < 1.29 is 14.3 Å². The predicted octanol–water partition coefficient (Wildman–Crippen LogP) is 4.64. The highest BCUT2D eigenvalue weighted by atomic mass is 32.2. The summed E-state index contributed by atoms with van der Waals surface area (Å²) in [5.74, 6) is 0.306. The maximum absolute atomic E-state index is 12.7.